The Morgan fingerprint density at radius 3 is 2.79 bits per heavy atom. The van der Waals surface area contributed by atoms with Gasteiger partial charge in [-0.1, -0.05) is 0 Å². The van der Waals surface area contributed by atoms with Crippen molar-refractivity contribution in [1.29, 1.82) is 0 Å². The summed E-state index contributed by atoms with van der Waals surface area (Å²) < 4.78 is 19.8. The molecule has 1 saturated heterocycles. The molecule has 2 aliphatic rings. The summed E-state index contributed by atoms with van der Waals surface area (Å²) >= 11 is 0. The van der Waals surface area contributed by atoms with E-state index in [2.05, 4.69) is 15.3 Å². The molecule has 150 valence electrons. The standard InChI is InChI=1S/C19H23FN4O4/c1-28-15-3-2-12-16(23-15)17(11(20)10-21-12)24-6-4-19(5-7-24)8-13(14(25)9-19)22-18(26)27/h2-3,10,13-14,22,25H,4-9H2,1H3,(H,26,27)/t13-,14-/m0/s1. The Labute approximate surface area is 161 Å². The largest absolute Gasteiger partial charge is 0.481 e. The van der Waals surface area contributed by atoms with Gasteiger partial charge in [0, 0.05) is 19.2 Å². The lowest BCUT2D eigenvalue weighted by molar-refractivity contribution is 0.126. The second-order valence-electron chi connectivity index (χ2n) is 7.69. The first-order chi connectivity index (χ1) is 13.4. The van der Waals surface area contributed by atoms with Crippen molar-refractivity contribution in [3.05, 3.63) is 24.1 Å². The Hall–Kier alpha value is -2.68. The molecule has 0 unspecified atom stereocenters. The lowest BCUT2D eigenvalue weighted by atomic mass is 9.76. The van der Waals surface area contributed by atoms with Gasteiger partial charge in [-0.05, 0) is 37.2 Å². The summed E-state index contributed by atoms with van der Waals surface area (Å²) in [5, 5.41) is 21.6. The topological polar surface area (TPSA) is 108 Å². The van der Waals surface area contributed by atoms with Gasteiger partial charge >= 0.3 is 6.09 Å². The van der Waals surface area contributed by atoms with Crippen LogP contribution in [0.2, 0.25) is 0 Å². The van der Waals surface area contributed by atoms with Gasteiger partial charge in [0.25, 0.3) is 0 Å². The fraction of sp³-hybridized carbons (Fsp3) is 0.526. The van der Waals surface area contributed by atoms with Gasteiger partial charge in [-0.3, -0.25) is 4.98 Å². The first kappa shape index (κ1) is 18.7. The summed E-state index contributed by atoms with van der Waals surface area (Å²) in [6.07, 6.45) is 2.04. The third-order valence-electron chi connectivity index (χ3n) is 6.03. The molecule has 2 fully saturated rings. The van der Waals surface area contributed by atoms with Crippen LogP contribution in [-0.4, -0.2) is 58.6 Å². The first-order valence-corrected chi connectivity index (χ1v) is 9.32. The Balaban J connectivity index is 1.56. The number of halogens is 1. The number of carboxylic acid groups (broad SMARTS) is 1. The maximum atomic E-state index is 14.7. The maximum absolute atomic E-state index is 14.7. The minimum Gasteiger partial charge on any atom is -0.481 e. The van der Waals surface area contributed by atoms with Gasteiger partial charge in [-0.15, -0.1) is 0 Å². The van der Waals surface area contributed by atoms with E-state index < -0.39 is 24.1 Å². The number of aliphatic hydroxyl groups excluding tert-OH is 1. The zero-order chi connectivity index (χ0) is 19.9. The van der Waals surface area contributed by atoms with Crippen LogP contribution in [0.3, 0.4) is 0 Å². The molecule has 2 aromatic heterocycles. The highest BCUT2D eigenvalue weighted by Crippen LogP contribution is 2.47. The number of hydrogen-bond acceptors (Lipinski definition) is 6. The number of pyridine rings is 2. The van der Waals surface area contributed by atoms with Crippen molar-refractivity contribution < 1.29 is 24.1 Å². The molecular weight excluding hydrogens is 367 g/mol. The number of piperidine rings is 1. The molecule has 3 N–H and O–H groups in total. The van der Waals surface area contributed by atoms with Crippen LogP contribution in [-0.2, 0) is 0 Å². The Bertz CT molecular complexity index is 901. The van der Waals surface area contributed by atoms with Gasteiger partial charge in [0.1, 0.15) is 11.2 Å². The number of hydrogen-bond donors (Lipinski definition) is 3. The van der Waals surface area contributed by atoms with E-state index in [-0.39, 0.29) is 5.41 Å². The smallest absolute Gasteiger partial charge is 0.404 e. The maximum Gasteiger partial charge on any atom is 0.404 e. The van der Waals surface area contributed by atoms with E-state index in [1.807, 2.05) is 4.90 Å². The number of nitrogens with zero attached hydrogens (tertiary/aromatic N) is 3. The van der Waals surface area contributed by atoms with Crippen LogP contribution >= 0.6 is 0 Å². The summed E-state index contributed by atoms with van der Waals surface area (Å²) in [6, 6.07) is 3.00. The van der Waals surface area contributed by atoms with E-state index in [1.165, 1.54) is 13.3 Å². The van der Waals surface area contributed by atoms with Crippen LogP contribution in [0.1, 0.15) is 25.7 Å². The van der Waals surface area contributed by atoms with Crippen molar-refractivity contribution in [3.8, 4) is 5.88 Å². The number of aliphatic hydroxyl groups is 1. The SMILES string of the molecule is COc1ccc2ncc(F)c(N3CCC4(CC3)C[C@H](NC(=O)O)[C@@H](O)C4)c2n1. The van der Waals surface area contributed by atoms with Gasteiger partial charge in [0.2, 0.25) is 5.88 Å². The van der Waals surface area contributed by atoms with E-state index in [0.29, 0.717) is 48.5 Å². The molecule has 1 saturated carbocycles. The zero-order valence-electron chi connectivity index (χ0n) is 15.6. The average Bonchev–Trinajstić information content (AvgIpc) is 2.96. The first-order valence-electron chi connectivity index (χ1n) is 9.32. The lowest BCUT2D eigenvalue weighted by Crippen LogP contribution is -2.41. The molecule has 1 aliphatic carbocycles. The third-order valence-corrected chi connectivity index (χ3v) is 6.03. The summed E-state index contributed by atoms with van der Waals surface area (Å²) in [5.74, 6) is -0.0304. The van der Waals surface area contributed by atoms with E-state index in [9.17, 15) is 14.3 Å². The summed E-state index contributed by atoms with van der Waals surface area (Å²) in [7, 11) is 1.51. The fourth-order valence-corrected chi connectivity index (χ4v) is 4.62. The van der Waals surface area contributed by atoms with Crippen molar-refractivity contribution in [1.82, 2.24) is 15.3 Å². The molecule has 1 amide bonds. The van der Waals surface area contributed by atoms with Gasteiger partial charge < -0.3 is 25.2 Å². The van der Waals surface area contributed by atoms with E-state index in [0.717, 1.165) is 12.8 Å². The molecule has 3 heterocycles. The van der Waals surface area contributed by atoms with Crippen LogP contribution in [0.5, 0.6) is 5.88 Å². The zero-order valence-corrected chi connectivity index (χ0v) is 15.6. The summed E-state index contributed by atoms with van der Waals surface area (Å²) in [6.45, 7) is 1.20. The molecular formula is C19H23FN4O4. The lowest BCUT2D eigenvalue weighted by Gasteiger charge is -2.40. The monoisotopic (exact) mass is 390 g/mol. The highest BCUT2D eigenvalue weighted by molar-refractivity contribution is 5.88. The molecule has 28 heavy (non-hydrogen) atoms. The number of amides is 1. The molecule has 1 spiro atoms. The molecule has 2 aromatic rings. The number of ether oxygens (including phenoxy) is 1. The van der Waals surface area contributed by atoms with Crippen molar-refractivity contribution in [3.63, 3.8) is 0 Å². The molecule has 1 aliphatic heterocycles. The van der Waals surface area contributed by atoms with Gasteiger partial charge in [-0.2, -0.15) is 0 Å². The number of aromatic nitrogens is 2. The Morgan fingerprint density at radius 1 is 1.36 bits per heavy atom. The number of rotatable bonds is 3. The summed E-state index contributed by atoms with van der Waals surface area (Å²) in [4.78, 5) is 21.4. The molecule has 4 rings (SSSR count). The number of nitrogens with one attached hydrogen (secondary N) is 1. The van der Waals surface area contributed by atoms with Gasteiger partial charge in [-0.25, -0.2) is 14.2 Å². The number of methoxy groups -OCH3 is 1. The highest BCUT2D eigenvalue weighted by atomic mass is 19.1. The van der Waals surface area contributed by atoms with Crippen molar-refractivity contribution in [2.75, 3.05) is 25.1 Å². The molecule has 2 atom stereocenters. The predicted molar refractivity (Wildman–Crippen MR) is 100 cm³/mol. The Morgan fingerprint density at radius 2 is 2.11 bits per heavy atom. The quantitative estimate of drug-likeness (QED) is 0.737. The minimum absolute atomic E-state index is 0.131. The second kappa shape index (κ2) is 7.05. The van der Waals surface area contributed by atoms with E-state index in [1.54, 1.807) is 12.1 Å². The van der Waals surface area contributed by atoms with Crippen LogP contribution in [0.25, 0.3) is 11.0 Å². The van der Waals surface area contributed by atoms with Gasteiger partial charge in [0.05, 0.1) is 31.0 Å². The summed E-state index contributed by atoms with van der Waals surface area (Å²) in [5.41, 5.74) is 1.34. The van der Waals surface area contributed by atoms with Crippen molar-refractivity contribution in [2.24, 2.45) is 5.41 Å². The molecule has 0 aromatic carbocycles. The van der Waals surface area contributed by atoms with E-state index in [4.69, 9.17) is 9.84 Å². The molecule has 8 nitrogen and oxygen atoms in total. The normalized spacial score (nSPS) is 23.9. The van der Waals surface area contributed by atoms with Crippen LogP contribution < -0.4 is 15.0 Å². The number of fused-ring (bicyclic) bond motifs is 1. The van der Waals surface area contributed by atoms with E-state index >= 15 is 0 Å². The molecule has 9 heteroatoms. The van der Waals surface area contributed by atoms with Crippen molar-refractivity contribution >= 4 is 22.8 Å². The second-order valence-corrected chi connectivity index (χ2v) is 7.69. The molecule has 0 bridgehead atoms. The minimum atomic E-state index is -1.12. The van der Waals surface area contributed by atoms with Crippen LogP contribution in [0.15, 0.2) is 18.3 Å². The number of anilines is 1. The third kappa shape index (κ3) is 3.30. The fourth-order valence-electron chi connectivity index (χ4n) is 4.62. The number of carbonyl (C=O) groups is 1. The molecule has 0 radical (unpaired) electrons. The van der Waals surface area contributed by atoms with Crippen molar-refractivity contribution in [2.45, 2.75) is 37.8 Å². The predicted octanol–water partition coefficient (Wildman–Crippen LogP) is 2.15. The Kier molecular flexibility index (Phi) is 4.70. The average molecular weight is 390 g/mol. The highest BCUT2D eigenvalue weighted by Gasteiger charge is 2.47. The van der Waals surface area contributed by atoms with Crippen LogP contribution in [0, 0.1) is 11.2 Å². The van der Waals surface area contributed by atoms with Crippen LogP contribution in [0.4, 0.5) is 14.9 Å². The van der Waals surface area contributed by atoms with Gasteiger partial charge in [0.15, 0.2) is 5.82 Å².